The molecule has 4 N–H and O–H groups in total. The molecule has 0 bridgehead atoms. The zero-order valence-corrected chi connectivity index (χ0v) is 12.8. The molecule has 9 heteroatoms. The van der Waals surface area contributed by atoms with Gasteiger partial charge in [0.15, 0.2) is 0 Å². The predicted molar refractivity (Wildman–Crippen MR) is 79.1 cm³/mol. The van der Waals surface area contributed by atoms with E-state index in [-0.39, 0.29) is 17.5 Å². The lowest BCUT2D eigenvalue weighted by molar-refractivity contribution is -0.0229. The van der Waals surface area contributed by atoms with Gasteiger partial charge in [0.05, 0.1) is 18.4 Å². The molecule has 1 saturated heterocycles. The standard InChI is InChI=1S/C12H21N5O3S/c1-2-17-5-6-20-10(9-17)7-15-21(18,19)12-8-14-4-3-11(12)16-13/h3-4,8,10,15H,2,5-7,9,13H2,1H3,(H,14,16). The van der Waals surface area contributed by atoms with Crippen molar-refractivity contribution in [2.24, 2.45) is 5.84 Å². The molecule has 0 saturated carbocycles. The van der Waals surface area contributed by atoms with Crippen molar-refractivity contribution >= 4 is 15.7 Å². The van der Waals surface area contributed by atoms with Crippen LogP contribution in [0.25, 0.3) is 0 Å². The number of aromatic nitrogens is 1. The van der Waals surface area contributed by atoms with Crippen LogP contribution in [0.5, 0.6) is 0 Å². The number of hydrazine groups is 1. The van der Waals surface area contributed by atoms with Crippen molar-refractivity contribution in [2.45, 2.75) is 17.9 Å². The highest BCUT2D eigenvalue weighted by Gasteiger charge is 2.23. The minimum absolute atomic E-state index is 0.0238. The van der Waals surface area contributed by atoms with Gasteiger partial charge in [-0.1, -0.05) is 6.92 Å². The van der Waals surface area contributed by atoms with Crippen LogP contribution < -0.4 is 16.0 Å². The number of pyridine rings is 1. The van der Waals surface area contributed by atoms with Gasteiger partial charge in [0.25, 0.3) is 0 Å². The van der Waals surface area contributed by atoms with Crippen LogP contribution in [0.15, 0.2) is 23.4 Å². The molecule has 118 valence electrons. The molecule has 1 fully saturated rings. The average molecular weight is 315 g/mol. The summed E-state index contributed by atoms with van der Waals surface area (Å²) >= 11 is 0. The van der Waals surface area contributed by atoms with E-state index in [2.05, 4.69) is 27.0 Å². The van der Waals surface area contributed by atoms with Crippen LogP contribution >= 0.6 is 0 Å². The summed E-state index contributed by atoms with van der Waals surface area (Å²) in [7, 11) is -3.68. The molecule has 2 rings (SSSR count). The van der Waals surface area contributed by atoms with Crippen LogP contribution in [0.3, 0.4) is 0 Å². The Kier molecular flexibility index (Phi) is 5.48. The van der Waals surface area contributed by atoms with Crippen molar-refractivity contribution in [3.05, 3.63) is 18.5 Å². The number of nitrogens with two attached hydrogens (primary N) is 1. The second-order valence-corrected chi connectivity index (χ2v) is 6.49. The number of nitrogen functional groups attached to an aromatic ring is 1. The summed E-state index contributed by atoms with van der Waals surface area (Å²) in [6.45, 7) is 5.43. The number of likely N-dealkylation sites (N-methyl/N-ethyl adjacent to an activating group) is 1. The lowest BCUT2D eigenvalue weighted by atomic mass is 10.3. The van der Waals surface area contributed by atoms with E-state index in [1.165, 1.54) is 18.5 Å². The van der Waals surface area contributed by atoms with E-state index in [9.17, 15) is 8.42 Å². The monoisotopic (exact) mass is 315 g/mol. The molecule has 0 aliphatic carbocycles. The Morgan fingerprint density at radius 1 is 1.57 bits per heavy atom. The van der Waals surface area contributed by atoms with Gasteiger partial charge in [-0.05, 0) is 12.6 Å². The minimum Gasteiger partial charge on any atom is -0.374 e. The lowest BCUT2D eigenvalue weighted by Crippen LogP contribution is -2.47. The molecular formula is C12H21N5O3S. The van der Waals surface area contributed by atoms with Gasteiger partial charge < -0.3 is 10.2 Å². The van der Waals surface area contributed by atoms with Gasteiger partial charge in [-0.3, -0.25) is 15.7 Å². The summed E-state index contributed by atoms with van der Waals surface area (Å²) < 4.78 is 32.7. The maximum Gasteiger partial charge on any atom is 0.244 e. The largest absolute Gasteiger partial charge is 0.374 e. The van der Waals surface area contributed by atoms with Crippen LogP contribution in [0.1, 0.15) is 6.92 Å². The molecular weight excluding hydrogens is 294 g/mol. The molecule has 21 heavy (non-hydrogen) atoms. The van der Waals surface area contributed by atoms with Crippen molar-refractivity contribution < 1.29 is 13.2 Å². The number of nitrogens with one attached hydrogen (secondary N) is 2. The number of hydrogen-bond acceptors (Lipinski definition) is 7. The minimum atomic E-state index is -3.68. The van der Waals surface area contributed by atoms with Crippen LogP contribution in [0.4, 0.5) is 5.69 Å². The van der Waals surface area contributed by atoms with Gasteiger partial charge in [-0.15, -0.1) is 0 Å². The van der Waals surface area contributed by atoms with Gasteiger partial charge in [0, 0.05) is 32.0 Å². The Balaban J connectivity index is 2.01. The highest BCUT2D eigenvalue weighted by Crippen LogP contribution is 2.18. The fourth-order valence-corrected chi connectivity index (χ4v) is 3.36. The molecule has 2 heterocycles. The summed E-state index contributed by atoms with van der Waals surface area (Å²) in [6.07, 6.45) is 2.58. The van der Waals surface area contributed by atoms with E-state index < -0.39 is 10.0 Å². The van der Waals surface area contributed by atoms with E-state index >= 15 is 0 Å². The molecule has 1 atom stereocenters. The number of anilines is 1. The van der Waals surface area contributed by atoms with Crippen molar-refractivity contribution in [1.82, 2.24) is 14.6 Å². The van der Waals surface area contributed by atoms with Crippen molar-refractivity contribution in [3.8, 4) is 0 Å². The Labute approximate surface area is 124 Å². The van der Waals surface area contributed by atoms with Crippen molar-refractivity contribution in [2.75, 3.05) is 38.2 Å². The topological polar surface area (TPSA) is 110 Å². The number of hydrogen-bond donors (Lipinski definition) is 3. The van der Waals surface area contributed by atoms with E-state index in [4.69, 9.17) is 10.6 Å². The molecule has 1 unspecified atom stereocenters. The molecule has 0 spiro atoms. The quantitative estimate of drug-likeness (QED) is 0.473. The first kappa shape index (κ1) is 16.1. The maximum absolute atomic E-state index is 12.3. The van der Waals surface area contributed by atoms with Crippen LogP contribution in [0.2, 0.25) is 0 Å². The predicted octanol–water partition coefficient (Wildman–Crippen LogP) is -0.634. The maximum atomic E-state index is 12.3. The number of sulfonamides is 1. The van der Waals surface area contributed by atoms with E-state index in [0.29, 0.717) is 18.8 Å². The summed E-state index contributed by atoms with van der Waals surface area (Å²) in [5.41, 5.74) is 2.66. The third-order valence-electron chi connectivity index (χ3n) is 3.40. The second-order valence-electron chi connectivity index (χ2n) is 4.75. The third-order valence-corrected chi connectivity index (χ3v) is 4.85. The van der Waals surface area contributed by atoms with Gasteiger partial charge in [-0.2, -0.15) is 0 Å². The molecule has 0 aromatic carbocycles. The summed E-state index contributed by atoms with van der Waals surface area (Å²) in [5, 5.41) is 0. The smallest absolute Gasteiger partial charge is 0.244 e. The van der Waals surface area contributed by atoms with Crippen molar-refractivity contribution in [3.63, 3.8) is 0 Å². The van der Waals surface area contributed by atoms with Crippen LogP contribution in [0, 0.1) is 0 Å². The molecule has 1 aliphatic rings. The first-order chi connectivity index (χ1) is 10.1. The Morgan fingerprint density at radius 3 is 3.10 bits per heavy atom. The number of morpholine rings is 1. The summed E-state index contributed by atoms with van der Waals surface area (Å²) in [5.74, 6) is 5.32. The average Bonchev–Trinajstić information content (AvgIpc) is 2.53. The Bertz CT molecular complexity index is 566. The summed E-state index contributed by atoms with van der Waals surface area (Å²) in [4.78, 5) is 6.07. The zero-order valence-electron chi connectivity index (χ0n) is 11.9. The van der Waals surface area contributed by atoms with Gasteiger partial charge in [0.1, 0.15) is 4.90 Å². The first-order valence-corrected chi connectivity index (χ1v) is 8.29. The molecule has 0 radical (unpaired) electrons. The lowest BCUT2D eigenvalue weighted by Gasteiger charge is -2.32. The van der Waals surface area contributed by atoms with E-state index in [0.717, 1.165) is 13.1 Å². The van der Waals surface area contributed by atoms with Gasteiger partial charge in [-0.25, -0.2) is 13.1 Å². The first-order valence-electron chi connectivity index (χ1n) is 6.81. The highest BCUT2D eigenvalue weighted by atomic mass is 32.2. The molecule has 1 aromatic rings. The second kappa shape index (κ2) is 7.14. The van der Waals surface area contributed by atoms with Gasteiger partial charge in [0.2, 0.25) is 10.0 Å². The fourth-order valence-electron chi connectivity index (χ4n) is 2.18. The normalized spacial score (nSPS) is 20.4. The SMILES string of the molecule is CCN1CCOC(CNS(=O)(=O)c2cnccc2NN)C1. The number of ether oxygens (including phenoxy) is 1. The van der Waals surface area contributed by atoms with E-state index in [1.807, 2.05) is 0 Å². The summed E-state index contributed by atoms with van der Waals surface area (Å²) in [6, 6.07) is 1.50. The highest BCUT2D eigenvalue weighted by molar-refractivity contribution is 7.89. The van der Waals surface area contributed by atoms with E-state index in [1.54, 1.807) is 0 Å². The van der Waals surface area contributed by atoms with Crippen LogP contribution in [-0.2, 0) is 14.8 Å². The molecule has 1 aliphatic heterocycles. The fraction of sp³-hybridized carbons (Fsp3) is 0.583. The molecule has 0 amide bonds. The van der Waals surface area contributed by atoms with Crippen LogP contribution in [-0.4, -0.2) is 57.2 Å². The number of nitrogens with zero attached hydrogens (tertiary/aromatic N) is 2. The molecule has 1 aromatic heterocycles. The molecule has 8 nitrogen and oxygen atoms in total. The third kappa shape index (κ3) is 4.11. The zero-order chi connectivity index (χ0) is 15.3. The van der Waals surface area contributed by atoms with Gasteiger partial charge >= 0.3 is 0 Å². The Hall–Kier alpha value is -1.26. The Morgan fingerprint density at radius 2 is 2.38 bits per heavy atom. The van der Waals surface area contributed by atoms with Crippen molar-refractivity contribution in [1.29, 1.82) is 0 Å². The number of rotatable bonds is 6.